The largest absolute Gasteiger partial charge is 0.435 e. The maximum Gasteiger partial charge on any atom is 0.387 e. The van der Waals surface area contributed by atoms with Gasteiger partial charge in [0.25, 0.3) is 5.78 Å². The van der Waals surface area contributed by atoms with E-state index in [1.54, 1.807) is 12.1 Å². The summed E-state index contributed by atoms with van der Waals surface area (Å²) in [6.07, 6.45) is 0.719. The van der Waals surface area contributed by atoms with Crippen molar-refractivity contribution in [3.05, 3.63) is 46.8 Å². The highest BCUT2D eigenvalue weighted by atomic mass is 19.3. The highest BCUT2D eigenvalue weighted by Crippen LogP contribution is 2.16. The highest BCUT2D eigenvalue weighted by Gasteiger charge is 2.15. The van der Waals surface area contributed by atoms with E-state index in [0.29, 0.717) is 24.4 Å². The van der Waals surface area contributed by atoms with E-state index in [1.807, 2.05) is 13.8 Å². The molecule has 3 N–H and O–H groups in total. The first kappa shape index (κ1) is 19.5. The molecule has 0 atom stereocenters. The molecule has 28 heavy (non-hydrogen) atoms. The van der Waals surface area contributed by atoms with Crippen molar-refractivity contribution in [3.8, 4) is 5.75 Å². The number of ether oxygens (including phenoxy) is 1. The summed E-state index contributed by atoms with van der Waals surface area (Å²) >= 11 is 0. The number of carbonyl (C=O) groups excluding carboxylic acids is 1. The van der Waals surface area contributed by atoms with E-state index in [-0.39, 0.29) is 24.0 Å². The number of amides is 1. The number of alkyl halides is 2. The van der Waals surface area contributed by atoms with E-state index in [1.165, 1.54) is 16.6 Å². The van der Waals surface area contributed by atoms with E-state index in [9.17, 15) is 13.6 Å². The number of fused-ring (bicyclic) bond motifs is 1. The second-order valence-corrected chi connectivity index (χ2v) is 6.24. The van der Waals surface area contributed by atoms with Gasteiger partial charge in [-0.1, -0.05) is 12.1 Å². The predicted molar refractivity (Wildman–Crippen MR) is 98.2 cm³/mol. The lowest BCUT2D eigenvalue weighted by molar-refractivity contribution is -0.120. The molecule has 0 radical (unpaired) electrons. The Bertz CT molecular complexity index is 988. The molecule has 0 aliphatic rings. The third-order valence-electron chi connectivity index (χ3n) is 4.29. The number of carbonyl (C=O) groups is 1. The first-order valence-corrected chi connectivity index (χ1v) is 8.62. The smallest absolute Gasteiger partial charge is 0.387 e. The SMILES string of the molecule is Cc1nc2nc(N)nn2c(C)c1CC(=O)NCCc1ccc(OC(F)F)cc1. The Morgan fingerprint density at radius 2 is 1.96 bits per heavy atom. The summed E-state index contributed by atoms with van der Waals surface area (Å²) in [5.41, 5.74) is 8.73. The summed E-state index contributed by atoms with van der Waals surface area (Å²) in [5.74, 6) is 0.473. The molecule has 3 rings (SSSR count). The second-order valence-electron chi connectivity index (χ2n) is 6.24. The molecule has 0 bridgehead atoms. The number of nitrogens with zero attached hydrogens (tertiary/aromatic N) is 4. The molecule has 0 aliphatic heterocycles. The van der Waals surface area contributed by atoms with Gasteiger partial charge in [-0.25, -0.2) is 4.98 Å². The number of nitrogens with one attached hydrogen (secondary N) is 1. The fourth-order valence-corrected chi connectivity index (χ4v) is 2.89. The summed E-state index contributed by atoms with van der Waals surface area (Å²) in [6, 6.07) is 6.32. The van der Waals surface area contributed by atoms with Gasteiger partial charge in [0.05, 0.1) is 6.42 Å². The average molecular weight is 390 g/mol. The zero-order valence-corrected chi connectivity index (χ0v) is 15.4. The predicted octanol–water partition coefficient (Wildman–Crippen LogP) is 1.83. The van der Waals surface area contributed by atoms with Crippen molar-refractivity contribution in [1.29, 1.82) is 0 Å². The molecule has 1 amide bonds. The summed E-state index contributed by atoms with van der Waals surface area (Å²) in [5, 5.41) is 6.93. The van der Waals surface area contributed by atoms with Gasteiger partial charge in [0.1, 0.15) is 5.75 Å². The van der Waals surface area contributed by atoms with Gasteiger partial charge in [0.15, 0.2) is 0 Å². The first-order chi connectivity index (χ1) is 13.3. The molecule has 10 heteroatoms. The van der Waals surface area contributed by atoms with Crippen molar-refractivity contribution < 1.29 is 18.3 Å². The molecule has 1 aromatic carbocycles. The molecule has 0 unspecified atom stereocenters. The van der Waals surface area contributed by atoms with Crippen LogP contribution in [0.2, 0.25) is 0 Å². The molecular formula is C18H20F2N6O2. The Kier molecular flexibility index (Phi) is 5.67. The number of nitrogens with two attached hydrogens (primary N) is 1. The quantitative estimate of drug-likeness (QED) is 0.637. The van der Waals surface area contributed by atoms with Crippen LogP contribution in [0.15, 0.2) is 24.3 Å². The average Bonchev–Trinajstić information content (AvgIpc) is 3.00. The molecule has 0 aliphatic carbocycles. The standard InChI is InChI=1S/C18H20F2N6O2/c1-10-14(11(2)26-18(23-10)24-17(21)25-26)9-15(27)22-8-7-12-3-5-13(6-4-12)28-16(19)20/h3-6,16H,7-9H2,1-2H3,(H2,21,25)(H,22,27). The third-order valence-corrected chi connectivity index (χ3v) is 4.29. The highest BCUT2D eigenvalue weighted by molar-refractivity contribution is 5.79. The topological polar surface area (TPSA) is 107 Å². The van der Waals surface area contributed by atoms with Gasteiger partial charge in [0.2, 0.25) is 11.9 Å². The number of hydrogen-bond donors (Lipinski definition) is 2. The van der Waals surface area contributed by atoms with Gasteiger partial charge in [0, 0.05) is 23.5 Å². The minimum Gasteiger partial charge on any atom is -0.435 e. The van der Waals surface area contributed by atoms with Crippen LogP contribution in [0.1, 0.15) is 22.5 Å². The van der Waals surface area contributed by atoms with Crippen molar-refractivity contribution in [3.63, 3.8) is 0 Å². The maximum atomic E-state index is 12.3. The summed E-state index contributed by atoms with van der Waals surface area (Å²) in [7, 11) is 0. The molecule has 2 heterocycles. The molecule has 0 saturated heterocycles. The fraction of sp³-hybridized carbons (Fsp3) is 0.333. The number of benzene rings is 1. The van der Waals surface area contributed by atoms with Crippen LogP contribution >= 0.6 is 0 Å². The van der Waals surface area contributed by atoms with Crippen LogP contribution in [0, 0.1) is 13.8 Å². The molecule has 3 aromatic rings. The molecule has 8 nitrogen and oxygen atoms in total. The van der Waals surface area contributed by atoms with Gasteiger partial charge in [-0.15, -0.1) is 5.10 Å². The molecule has 2 aromatic heterocycles. The lowest BCUT2D eigenvalue weighted by Crippen LogP contribution is -2.28. The van der Waals surface area contributed by atoms with Crippen molar-refractivity contribution in [2.45, 2.75) is 33.3 Å². The number of rotatable bonds is 7. The van der Waals surface area contributed by atoms with Gasteiger partial charge < -0.3 is 15.8 Å². The van der Waals surface area contributed by atoms with Crippen LogP contribution in [0.3, 0.4) is 0 Å². The van der Waals surface area contributed by atoms with Crippen molar-refractivity contribution in [2.24, 2.45) is 0 Å². The zero-order valence-electron chi connectivity index (χ0n) is 15.4. The summed E-state index contributed by atoms with van der Waals surface area (Å²) < 4.78 is 30.1. The Balaban J connectivity index is 1.57. The molecule has 148 valence electrons. The fourth-order valence-electron chi connectivity index (χ4n) is 2.89. The Hall–Kier alpha value is -3.30. The van der Waals surface area contributed by atoms with Crippen LogP contribution in [0.4, 0.5) is 14.7 Å². The second kappa shape index (κ2) is 8.15. The van der Waals surface area contributed by atoms with Crippen molar-refractivity contribution >= 4 is 17.6 Å². The zero-order chi connectivity index (χ0) is 20.3. The monoisotopic (exact) mass is 390 g/mol. The first-order valence-electron chi connectivity index (χ1n) is 8.62. The van der Waals surface area contributed by atoms with E-state index in [2.05, 4.69) is 25.1 Å². The lowest BCUT2D eigenvalue weighted by Gasteiger charge is -2.11. The number of anilines is 1. The van der Waals surface area contributed by atoms with Crippen LogP contribution < -0.4 is 15.8 Å². The number of hydrogen-bond acceptors (Lipinski definition) is 6. The van der Waals surface area contributed by atoms with E-state index < -0.39 is 6.61 Å². The van der Waals surface area contributed by atoms with Crippen molar-refractivity contribution in [2.75, 3.05) is 12.3 Å². The molecule has 0 saturated carbocycles. The number of nitrogen functional groups attached to an aromatic ring is 1. The van der Waals surface area contributed by atoms with E-state index in [0.717, 1.165) is 16.8 Å². The van der Waals surface area contributed by atoms with E-state index >= 15 is 0 Å². The number of halogens is 2. The third kappa shape index (κ3) is 4.51. The molecule has 0 fully saturated rings. The Morgan fingerprint density at radius 3 is 2.64 bits per heavy atom. The van der Waals surface area contributed by atoms with Gasteiger partial charge in [-0.3, -0.25) is 4.79 Å². The van der Waals surface area contributed by atoms with Gasteiger partial charge >= 0.3 is 6.61 Å². The van der Waals surface area contributed by atoms with Crippen LogP contribution in [0.25, 0.3) is 5.78 Å². The number of aromatic nitrogens is 4. The van der Waals surface area contributed by atoms with Crippen molar-refractivity contribution in [1.82, 2.24) is 24.9 Å². The minimum absolute atomic E-state index is 0.102. The molecular weight excluding hydrogens is 370 g/mol. The van der Waals surface area contributed by atoms with E-state index in [4.69, 9.17) is 5.73 Å². The normalized spacial score (nSPS) is 11.2. The maximum absolute atomic E-state index is 12.3. The van der Waals surface area contributed by atoms with Crippen LogP contribution in [-0.4, -0.2) is 38.6 Å². The number of aryl methyl sites for hydroxylation is 2. The van der Waals surface area contributed by atoms with Crippen LogP contribution in [0.5, 0.6) is 5.75 Å². The van der Waals surface area contributed by atoms with Gasteiger partial charge in [-0.05, 0) is 38.0 Å². The molecule has 0 spiro atoms. The van der Waals surface area contributed by atoms with Crippen LogP contribution in [-0.2, 0) is 17.6 Å². The summed E-state index contributed by atoms with van der Waals surface area (Å²) in [4.78, 5) is 20.7. The minimum atomic E-state index is -2.85. The lowest BCUT2D eigenvalue weighted by atomic mass is 10.1. The van der Waals surface area contributed by atoms with Gasteiger partial charge in [-0.2, -0.15) is 18.3 Å². The Labute approximate surface area is 159 Å². The Morgan fingerprint density at radius 1 is 1.25 bits per heavy atom. The summed E-state index contributed by atoms with van der Waals surface area (Å²) in [6.45, 7) is 1.21.